The number of nitrogens with one attached hydrogen (secondary N) is 1. The molecule has 2 aromatic rings. The van der Waals surface area contributed by atoms with Gasteiger partial charge in [0.1, 0.15) is 5.54 Å². The number of rotatable bonds is 5. The van der Waals surface area contributed by atoms with E-state index in [1.165, 1.54) is 0 Å². The summed E-state index contributed by atoms with van der Waals surface area (Å²) in [5.74, 6) is -1.37. The van der Waals surface area contributed by atoms with E-state index in [1.807, 2.05) is 6.07 Å². The van der Waals surface area contributed by atoms with Crippen LogP contribution in [0.4, 0.5) is 0 Å². The Labute approximate surface area is 127 Å². The number of amides is 1. The van der Waals surface area contributed by atoms with E-state index in [0.717, 1.165) is 18.5 Å². The van der Waals surface area contributed by atoms with Crippen molar-refractivity contribution in [3.05, 3.63) is 48.3 Å². The zero-order chi connectivity index (χ0) is 15.7. The number of carbonyl (C=O) groups is 2. The summed E-state index contributed by atoms with van der Waals surface area (Å²) < 4.78 is 1.65. The van der Waals surface area contributed by atoms with Gasteiger partial charge >= 0.3 is 5.97 Å². The monoisotopic (exact) mass is 299 g/mol. The Morgan fingerprint density at radius 3 is 2.73 bits per heavy atom. The first-order valence-electron chi connectivity index (χ1n) is 7.17. The molecule has 2 N–H and O–H groups in total. The van der Waals surface area contributed by atoms with Gasteiger partial charge in [-0.3, -0.25) is 4.79 Å². The van der Waals surface area contributed by atoms with Crippen molar-refractivity contribution in [2.24, 2.45) is 5.92 Å². The maximum Gasteiger partial charge on any atom is 0.329 e. The fourth-order valence-electron chi connectivity index (χ4n) is 2.51. The molecule has 1 atom stereocenters. The van der Waals surface area contributed by atoms with Gasteiger partial charge in [-0.15, -0.1) is 0 Å². The minimum atomic E-state index is -1.21. The van der Waals surface area contributed by atoms with Crippen LogP contribution in [0, 0.1) is 5.92 Å². The summed E-state index contributed by atoms with van der Waals surface area (Å²) in [5, 5.41) is 16.2. The molecule has 1 aromatic carbocycles. The molecule has 1 unspecified atom stereocenters. The number of carboxylic acid groups (broad SMARTS) is 1. The smallest absolute Gasteiger partial charge is 0.329 e. The molecular formula is C16H17N3O3. The van der Waals surface area contributed by atoms with Gasteiger partial charge in [-0.25, -0.2) is 9.48 Å². The molecule has 0 bridgehead atoms. The van der Waals surface area contributed by atoms with E-state index in [9.17, 15) is 14.7 Å². The van der Waals surface area contributed by atoms with Crippen molar-refractivity contribution in [1.29, 1.82) is 0 Å². The average molecular weight is 299 g/mol. The van der Waals surface area contributed by atoms with Crippen molar-refractivity contribution in [1.82, 2.24) is 15.1 Å². The molecule has 0 spiro atoms. The molecule has 1 aliphatic carbocycles. The highest BCUT2D eigenvalue weighted by Gasteiger charge is 2.48. The predicted octanol–water partition coefficient (Wildman–Crippen LogP) is 1.86. The summed E-state index contributed by atoms with van der Waals surface area (Å²) >= 11 is 0. The maximum absolute atomic E-state index is 12.4. The highest BCUT2D eigenvalue weighted by molar-refractivity contribution is 5.98. The topological polar surface area (TPSA) is 84.2 Å². The average Bonchev–Trinajstić information content (AvgIpc) is 3.23. The van der Waals surface area contributed by atoms with Crippen LogP contribution in [-0.4, -0.2) is 32.3 Å². The Hall–Kier alpha value is -2.63. The van der Waals surface area contributed by atoms with Crippen LogP contribution in [0.3, 0.4) is 0 Å². The minimum absolute atomic E-state index is 0.00301. The molecule has 0 aliphatic heterocycles. The second-order valence-electron chi connectivity index (χ2n) is 5.74. The lowest BCUT2D eigenvalue weighted by atomic mass is 9.95. The van der Waals surface area contributed by atoms with E-state index in [0.29, 0.717) is 5.56 Å². The van der Waals surface area contributed by atoms with Crippen LogP contribution in [0.15, 0.2) is 42.7 Å². The Bertz CT molecular complexity index is 707. The maximum atomic E-state index is 12.4. The molecule has 22 heavy (non-hydrogen) atoms. The largest absolute Gasteiger partial charge is 0.480 e. The third-order valence-corrected chi connectivity index (χ3v) is 4.09. The molecule has 3 rings (SSSR count). The number of carboxylic acids is 1. The van der Waals surface area contributed by atoms with Crippen molar-refractivity contribution in [2.75, 3.05) is 0 Å². The Morgan fingerprint density at radius 1 is 1.36 bits per heavy atom. The summed E-state index contributed by atoms with van der Waals surface area (Å²) in [6, 6.07) is 8.73. The Morgan fingerprint density at radius 2 is 2.14 bits per heavy atom. The number of carbonyl (C=O) groups excluding carboxylic acids is 1. The SMILES string of the molecule is CC(NC(=O)c1cccc(-n2cccn2)c1)(C(=O)O)C1CC1. The molecule has 1 fully saturated rings. The van der Waals surface area contributed by atoms with Crippen LogP contribution < -0.4 is 5.32 Å². The van der Waals surface area contributed by atoms with Crippen LogP contribution >= 0.6 is 0 Å². The van der Waals surface area contributed by atoms with Crippen molar-refractivity contribution < 1.29 is 14.7 Å². The molecule has 1 aromatic heterocycles. The zero-order valence-corrected chi connectivity index (χ0v) is 12.2. The van der Waals surface area contributed by atoms with E-state index in [-0.39, 0.29) is 11.8 Å². The summed E-state index contributed by atoms with van der Waals surface area (Å²) in [7, 11) is 0. The summed E-state index contributed by atoms with van der Waals surface area (Å²) in [4.78, 5) is 23.9. The molecule has 1 aliphatic rings. The zero-order valence-electron chi connectivity index (χ0n) is 12.2. The Balaban J connectivity index is 1.83. The first-order valence-corrected chi connectivity index (χ1v) is 7.17. The number of aliphatic carboxylic acids is 1. The lowest BCUT2D eigenvalue weighted by Gasteiger charge is -2.26. The number of nitrogens with zero attached hydrogens (tertiary/aromatic N) is 2. The van der Waals surface area contributed by atoms with Gasteiger partial charge in [-0.2, -0.15) is 5.10 Å². The summed E-state index contributed by atoms with van der Waals surface area (Å²) in [5.41, 5.74) is -0.0408. The van der Waals surface area contributed by atoms with Crippen molar-refractivity contribution in [3.8, 4) is 5.69 Å². The van der Waals surface area contributed by atoms with Crippen LogP contribution in [0.1, 0.15) is 30.1 Å². The predicted molar refractivity (Wildman–Crippen MR) is 79.8 cm³/mol. The number of aromatic nitrogens is 2. The van der Waals surface area contributed by atoms with Gasteiger partial charge in [0.25, 0.3) is 5.91 Å². The van der Waals surface area contributed by atoms with Gasteiger partial charge in [-0.1, -0.05) is 6.07 Å². The third-order valence-electron chi connectivity index (χ3n) is 4.09. The van der Waals surface area contributed by atoms with Crippen LogP contribution in [0.2, 0.25) is 0 Å². The second-order valence-corrected chi connectivity index (χ2v) is 5.74. The highest BCUT2D eigenvalue weighted by atomic mass is 16.4. The van der Waals surface area contributed by atoms with E-state index < -0.39 is 11.5 Å². The van der Waals surface area contributed by atoms with E-state index in [4.69, 9.17) is 0 Å². The molecule has 114 valence electrons. The minimum Gasteiger partial charge on any atom is -0.480 e. The fraction of sp³-hybridized carbons (Fsp3) is 0.312. The first kappa shape index (κ1) is 14.3. The third kappa shape index (κ3) is 2.59. The molecular weight excluding hydrogens is 282 g/mol. The van der Waals surface area contributed by atoms with Gasteiger partial charge in [-0.05, 0) is 49.9 Å². The molecule has 6 heteroatoms. The van der Waals surface area contributed by atoms with Crippen LogP contribution in [0.25, 0.3) is 5.69 Å². The normalized spacial score (nSPS) is 16.8. The van der Waals surface area contributed by atoms with Gasteiger partial charge in [0.2, 0.25) is 0 Å². The van der Waals surface area contributed by atoms with E-state index in [1.54, 1.807) is 48.3 Å². The highest BCUT2D eigenvalue weighted by Crippen LogP contribution is 2.39. The molecule has 0 radical (unpaired) electrons. The van der Waals surface area contributed by atoms with E-state index >= 15 is 0 Å². The number of benzene rings is 1. The summed E-state index contributed by atoms with van der Waals surface area (Å²) in [6.07, 6.45) is 5.09. The molecule has 0 saturated heterocycles. The van der Waals surface area contributed by atoms with Gasteiger partial charge in [0.05, 0.1) is 5.69 Å². The van der Waals surface area contributed by atoms with E-state index in [2.05, 4.69) is 10.4 Å². The molecule has 1 amide bonds. The Kier molecular flexibility index (Phi) is 3.44. The molecule has 1 heterocycles. The van der Waals surface area contributed by atoms with Gasteiger partial charge < -0.3 is 10.4 Å². The standard InChI is InChI=1S/C16H17N3O3/c1-16(15(21)22,12-6-7-12)18-14(20)11-4-2-5-13(10-11)19-9-3-8-17-19/h2-5,8-10,12H,6-7H2,1H3,(H,18,20)(H,21,22). The fourth-order valence-corrected chi connectivity index (χ4v) is 2.51. The van der Waals surface area contributed by atoms with Gasteiger partial charge in [0.15, 0.2) is 0 Å². The van der Waals surface area contributed by atoms with Crippen molar-refractivity contribution in [2.45, 2.75) is 25.3 Å². The molecule has 6 nitrogen and oxygen atoms in total. The second kappa shape index (κ2) is 5.29. The lowest BCUT2D eigenvalue weighted by Crippen LogP contribution is -2.54. The lowest BCUT2D eigenvalue weighted by molar-refractivity contribution is -0.144. The van der Waals surface area contributed by atoms with Gasteiger partial charge in [0, 0.05) is 18.0 Å². The van der Waals surface area contributed by atoms with Crippen molar-refractivity contribution in [3.63, 3.8) is 0 Å². The number of hydrogen-bond acceptors (Lipinski definition) is 3. The molecule has 1 saturated carbocycles. The summed E-state index contributed by atoms with van der Waals surface area (Å²) in [6.45, 7) is 1.57. The first-order chi connectivity index (χ1) is 10.5. The van der Waals surface area contributed by atoms with Crippen molar-refractivity contribution >= 4 is 11.9 Å². The quantitative estimate of drug-likeness (QED) is 0.882. The van der Waals surface area contributed by atoms with Crippen LogP contribution in [0.5, 0.6) is 0 Å². The van der Waals surface area contributed by atoms with Crippen LogP contribution in [-0.2, 0) is 4.79 Å². The number of hydrogen-bond donors (Lipinski definition) is 2.